The summed E-state index contributed by atoms with van der Waals surface area (Å²) in [4.78, 5) is 56.5. The van der Waals surface area contributed by atoms with Crippen molar-refractivity contribution in [2.24, 2.45) is 5.92 Å². The Labute approximate surface area is 269 Å². The van der Waals surface area contributed by atoms with Crippen LogP contribution in [0.3, 0.4) is 0 Å². The number of alkyl carbamates (subject to hydrolysis) is 1. The molecular formula is C34H46N6O6. The molecule has 12 heteroatoms. The van der Waals surface area contributed by atoms with Crippen molar-refractivity contribution < 1.29 is 29.0 Å². The maximum Gasteiger partial charge on any atom is 0.408 e. The van der Waals surface area contributed by atoms with E-state index >= 15 is 0 Å². The summed E-state index contributed by atoms with van der Waals surface area (Å²) in [5.41, 5.74) is 2.49. The lowest BCUT2D eigenvalue weighted by Gasteiger charge is -2.30. The first kappa shape index (κ1) is 33.2. The van der Waals surface area contributed by atoms with E-state index in [-0.39, 0.29) is 25.3 Å². The van der Waals surface area contributed by atoms with Crippen molar-refractivity contribution in [3.05, 3.63) is 47.6 Å². The smallest absolute Gasteiger partial charge is 0.408 e. The highest BCUT2D eigenvalue weighted by Crippen LogP contribution is 2.45. The Bertz CT molecular complexity index is 1570. The second-order valence-corrected chi connectivity index (χ2v) is 13.9. The predicted octanol–water partition coefficient (Wildman–Crippen LogP) is 4.29. The number of aromatic nitrogens is 3. The third-order valence-corrected chi connectivity index (χ3v) is 9.38. The summed E-state index contributed by atoms with van der Waals surface area (Å²) in [6.07, 6.45) is 9.62. The fraction of sp³-hybridized carbons (Fsp3) is 0.588. The van der Waals surface area contributed by atoms with Crippen molar-refractivity contribution >= 4 is 34.9 Å². The molecule has 3 N–H and O–H groups in total. The van der Waals surface area contributed by atoms with E-state index in [0.717, 1.165) is 41.5 Å². The largest absolute Gasteiger partial charge is 0.479 e. The Morgan fingerprint density at radius 3 is 2.65 bits per heavy atom. The van der Waals surface area contributed by atoms with Gasteiger partial charge >= 0.3 is 12.1 Å². The number of hydrogen-bond donors (Lipinski definition) is 3. The zero-order valence-corrected chi connectivity index (χ0v) is 27.5. The van der Waals surface area contributed by atoms with Gasteiger partial charge in [0.2, 0.25) is 11.8 Å². The average Bonchev–Trinajstić information content (AvgIpc) is 3.28. The molecule has 1 aliphatic carbocycles. The van der Waals surface area contributed by atoms with Crippen LogP contribution in [0, 0.1) is 19.8 Å². The number of rotatable bonds is 5. The first-order valence-electron chi connectivity index (χ1n) is 16.2. The normalized spacial score (nSPS) is 27.9. The predicted molar refractivity (Wildman–Crippen MR) is 172 cm³/mol. The molecule has 1 aromatic carbocycles. The molecule has 3 aliphatic rings. The van der Waals surface area contributed by atoms with E-state index < -0.39 is 53.1 Å². The second-order valence-electron chi connectivity index (χ2n) is 13.9. The molecule has 248 valence electrons. The topological polar surface area (TPSA) is 156 Å². The first-order chi connectivity index (χ1) is 21.7. The van der Waals surface area contributed by atoms with Gasteiger partial charge in [-0.1, -0.05) is 31.1 Å². The molecule has 3 heterocycles. The second kappa shape index (κ2) is 12.9. The number of fused-ring (bicyclic) bond motifs is 3. The number of hydrogen-bond acceptors (Lipinski definition) is 7. The molecule has 2 aliphatic heterocycles. The van der Waals surface area contributed by atoms with Crippen LogP contribution in [0.2, 0.25) is 0 Å². The highest BCUT2D eigenvalue weighted by molar-refractivity contribution is 5.96. The average molecular weight is 635 g/mol. The molecule has 46 heavy (non-hydrogen) atoms. The van der Waals surface area contributed by atoms with Gasteiger partial charge in [-0.05, 0) is 89.5 Å². The number of carbonyl (C=O) groups excluding carboxylic acids is 3. The Kier molecular flexibility index (Phi) is 9.28. The fourth-order valence-corrected chi connectivity index (χ4v) is 6.62. The zero-order chi connectivity index (χ0) is 33.4. The lowest BCUT2D eigenvalue weighted by Crippen LogP contribution is -2.56. The Morgan fingerprint density at radius 1 is 1.20 bits per heavy atom. The molecule has 0 spiro atoms. The molecule has 5 rings (SSSR count). The summed E-state index contributed by atoms with van der Waals surface area (Å²) < 4.78 is 5.47. The quantitative estimate of drug-likeness (QED) is 0.412. The maximum atomic E-state index is 14.3. The first-order valence-corrected chi connectivity index (χ1v) is 16.2. The van der Waals surface area contributed by atoms with Crippen LogP contribution < -0.4 is 10.6 Å². The molecule has 0 radical (unpaired) electrons. The highest BCUT2D eigenvalue weighted by atomic mass is 16.6. The number of benzene rings is 1. The Hall–Kier alpha value is -4.22. The van der Waals surface area contributed by atoms with E-state index in [9.17, 15) is 24.3 Å². The Morgan fingerprint density at radius 2 is 1.96 bits per heavy atom. The number of ether oxygens (including phenoxy) is 1. The van der Waals surface area contributed by atoms with Crippen molar-refractivity contribution in [3.8, 4) is 0 Å². The molecule has 5 atom stereocenters. The zero-order valence-electron chi connectivity index (χ0n) is 27.5. The van der Waals surface area contributed by atoms with Crippen LogP contribution in [0.1, 0.15) is 88.4 Å². The summed E-state index contributed by atoms with van der Waals surface area (Å²) in [6, 6.07) is -0.373. The van der Waals surface area contributed by atoms with Crippen LogP contribution in [-0.2, 0) is 25.5 Å². The maximum absolute atomic E-state index is 14.3. The highest BCUT2D eigenvalue weighted by Gasteiger charge is 2.61. The van der Waals surface area contributed by atoms with Crippen LogP contribution in [0.5, 0.6) is 0 Å². The number of carbonyl (C=O) groups is 4. The third kappa shape index (κ3) is 6.80. The molecule has 3 amide bonds. The van der Waals surface area contributed by atoms with Gasteiger partial charge in [0.25, 0.3) is 0 Å². The van der Waals surface area contributed by atoms with Crippen LogP contribution in [0.25, 0.3) is 11.0 Å². The SMILES string of the molecule is C=CCc1cc2nn([C@H]3C[C@H]4C(=O)N[C@]5(C(=O)O)C[C@@H]5/C=C\CCCCC[C@H](NC(=O)OC(C)(C)C)C(=O)N4C3)nc2c(C)c1C. The minimum absolute atomic E-state index is 0.116. The van der Waals surface area contributed by atoms with Crippen molar-refractivity contribution in [3.63, 3.8) is 0 Å². The Balaban J connectivity index is 1.49. The fourth-order valence-electron chi connectivity index (χ4n) is 6.62. The third-order valence-electron chi connectivity index (χ3n) is 9.38. The summed E-state index contributed by atoms with van der Waals surface area (Å²) >= 11 is 0. The number of amides is 3. The van der Waals surface area contributed by atoms with Gasteiger partial charge in [0.05, 0.1) is 6.04 Å². The van der Waals surface area contributed by atoms with Crippen LogP contribution in [0.4, 0.5) is 4.79 Å². The monoisotopic (exact) mass is 634 g/mol. The lowest BCUT2D eigenvalue weighted by atomic mass is 9.99. The number of nitrogens with one attached hydrogen (secondary N) is 2. The number of carboxylic acids is 1. The molecule has 2 aromatic rings. The van der Waals surface area contributed by atoms with E-state index in [1.54, 1.807) is 25.6 Å². The van der Waals surface area contributed by atoms with Gasteiger partial charge in [0.1, 0.15) is 34.3 Å². The molecule has 0 bridgehead atoms. The number of nitrogens with zero attached hydrogens (tertiary/aromatic N) is 4. The van der Waals surface area contributed by atoms with E-state index in [1.165, 1.54) is 4.90 Å². The van der Waals surface area contributed by atoms with E-state index in [2.05, 4.69) is 17.2 Å². The summed E-state index contributed by atoms with van der Waals surface area (Å²) in [7, 11) is 0. The molecular weight excluding hydrogens is 588 g/mol. The minimum Gasteiger partial charge on any atom is -0.479 e. The number of aliphatic carboxylic acids is 1. The molecule has 2 fully saturated rings. The van der Waals surface area contributed by atoms with E-state index in [0.29, 0.717) is 24.8 Å². The molecule has 1 saturated carbocycles. The minimum atomic E-state index is -1.41. The van der Waals surface area contributed by atoms with Gasteiger partial charge in [-0.2, -0.15) is 15.0 Å². The lowest BCUT2D eigenvalue weighted by molar-refractivity contribution is -0.145. The van der Waals surface area contributed by atoms with E-state index in [1.807, 2.05) is 38.1 Å². The van der Waals surface area contributed by atoms with Gasteiger partial charge in [-0.25, -0.2) is 9.59 Å². The van der Waals surface area contributed by atoms with Crippen molar-refractivity contribution in [1.82, 2.24) is 30.5 Å². The van der Waals surface area contributed by atoms with E-state index in [4.69, 9.17) is 14.9 Å². The molecule has 0 unspecified atom stereocenters. The van der Waals surface area contributed by atoms with Crippen LogP contribution in [0.15, 0.2) is 30.9 Å². The number of allylic oxidation sites excluding steroid dienone is 2. The number of aryl methyl sites for hydroxylation is 1. The molecule has 1 saturated heterocycles. The van der Waals surface area contributed by atoms with Gasteiger partial charge in [-0.3, -0.25) is 9.59 Å². The van der Waals surface area contributed by atoms with Gasteiger partial charge in [0.15, 0.2) is 0 Å². The summed E-state index contributed by atoms with van der Waals surface area (Å²) in [6.45, 7) is 13.3. The van der Waals surface area contributed by atoms with Crippen molar-refractivity contribution in [2.75, 3.05) is 6.54 Å². The molecule has 1 aromatic heterocycles. The van der Waals surface area contributed by atoms with Crippen LogP contribution >= 0.6 is 0 Å². The standard InChI is InChI=1S/C34H46N6O6/c1-7-13-22-16-26-28(21(3)20(22)2)38-40(37-26)24-17-27-29(41)36-34(31(43)44)18-23(34)14-11-9-8-10-12-15-25(30(42)39(27)19-24)35-32(45)46-33(4,5)6/h7,11,14,16,23-25,27H,1,8-10,12-13,15,17-19H2,2-6H3,(H,35,45)(H,36,41)(H,43,44)/b14-11-/t23-,24-,25-,27-,34+/m0/s1. The molecule has 12 nitrogen and oxygen atoms in total. The summed E-state index contributed by atoms with van der Waals surface area (Å²) in [5, 5.41) is 25.3. The van der Waals surface area contributed by atoms with Crippen LogP contribution in [-0.4, -0.2) is 78.6 Å². The number of carboxylic acid groups (broad SMARTS) is 1. The summed E-state index contributed by atoms with van der Waals surface area (Å²) in [5.74, 6) is -2.39. The van der Waals surface area contributed by atoms with Crippen molar-refractivity contribution in [1.29, 1.82) is 0 Å². The van der Waals surface area contributed by atoms with Crippen molar-refractivity contribution in [2.45, 2.75) is 115 Å². The van der Waals surface area contributed by atoms with Gasteiger partial charge in [-0.15, -0.1) is 6.58 Å². The van der Waals surface area contributed by atoms with Gasteiger partial charge < -0.3 is 25.4 Å². The van der Waals surface area contributed by atoms with Gasteiger partial charge in [0, 0.05) is 18.9 Å².